The van der Waals surface area contributed by atoms with Crippen LogP contribution in [0.1, 0.15) is 53.9 Å². The third-order valence-electron chi connectivity index (χ3n) is 2.70. The lowest BCUT2D eigenvalue weighted by molar-refractivity contribution is 0.0234. The van der Waals surface area contributed by atoms with Crippen molar-refractivity contribution in [2.24, 2.45) is 10.8 Å². The van der Waals surface area contributed by atoms with Gasteiger partial charge in [-0.1, -0.05) is 41.0 Å². The van der Waals surface area contributed by atoms with Crippen LogP contribution in [0.15, 0.2) is 0 Å². The molecule has 0 saturated heterocycles. The van der Waals surface area contributed by atoms with E-state index in [-0.39, 0.29) is 0 Å². The van der Waals surface area contributed by atoms with Gasteiger partial charge in [-0.2, -0.15) is 0 Å². The summed E-state index contributed by atoms with van der Waals surface area (Å²) in [4.78, 5) is 0. The first-order valence-corrected chi connectivity index (χ1v) is 6.33. The molecule has 0 atom stereocenters. The van der Waals surface area contributed by atoms with E-state index in [2.05, 4.69) is 34.6 Å². The first-order valence-electron chi connectivity index (χ1n) is 6.33. The van der Waals surface area contributed by atoms with Gasteiger partial charge in [0.05, 0.1) is 19.8 Å². The van der Waals surface area contributed by atoms with Crippen molar-refractivity contribution in [1.29, 1.82) is 0 Å². The Morgan fingerprint density at radius 2 is 1.50 bits per heavy atom. The van der Waals surface area contributed by atoms with Crippen molar-refractivity contribution in [3.05, 3.63) is 0 Å². The van der Waals surface area contributed by atoms with Crippen molar-refractivity contribution in [2.75, 3.05) is 26.9 Å². The van der Waals surface area contributed by atoms with Crippen molar-refractivity contribution in [3.8, 4) is 0 Å². The fourth-order valence-electron chi connectivity index (χ4n) is 1.66. The molecular formula is C14H30O2. The zero-order valence-corrected chi connectivity index (χ0v) is 12.1. The van der Waals surface area contributed by atoms with Gasteiger partial charge >= 0.3 is 0 Å². The normalized spacial score (nSPS) is 13.1. The van der Waals surface area contributed by atoms with Gasteiger partial charge in [0.25, 0.3) is 0 Å². The van der Waals surface area contributed by atoms with E-state index in [0.717, 1.165) is 6.61 Å². The molecule has 2 nitrogen and oxygen atoms in total. The fraction of sp³-hybridized carbons (Fsp3) is 1.00. The van der Waals surface area contributed by atoms with Crippen LogP contribution >= 0.6 is 0 Å². The fourth-order valence-corrected chi connectivity index (χ4v) is 1.66. The van der Waals surface area contributed by atoms with E-state index in [1.165, 1.54) is 19.3 Å². The van der Waals surface area contributed by atoms with Gasteiger partial charge in [0.2, 0.25) is 0 Å². The average Bonchev–Trinajstić information content (AvgIpc) is 2.10. The predicted octanol–water partition coefficient (Wildman–Crippen LogP) is 3.89. The van der Waals surface area contributed by atoms with Crippen LogP contribution in [-0.4, -0.2) is 26.9 Å². The Balaban J connectivity index is 3.62. The van der Waals surface area contributed by atoms with Gasteiger partial charge in [0.15, 0.2) is 0 Å². The highest BCUT2D eigenvalue weighted by Gasteiger charge is 2.19. The molecule has 98 valence electrons. The molecule has 0 spiro atoms. The second-order valence-electron chi connectivity index (χ2n) is 6.62. The number of hydrogen-bond donors (Lipinski definition) is 0. The number of rotatable bonds is 8. The SMILES string of the molecule is COCCOCC(C)(C)CCCC(C)(C)C. The van der Waals surface area contributed by atoms with Gasteiger partial charge in [0, 0.05) is 7.11 Å². The zero-order valence-electron chi connectivity index (χ0n) is 12.1. The lowest BCUT2D eigenvalue weighted by Crippen LogP contribution is -2.21. The molecule has 0 bridgehead atoms. The molecule has 2 heteroatoms. The molecule has 0 aromatic heterocycles. The minimum atomic E-state index is 0.291. The molecule has 0 saturated carbocycles. The molecule has 0 amide bonds. The maximum absolute atomic E-state index is 5.60. The average molecular weight is 230 g/mol. The van der Waals surface area contributed by atoms with E-state index in [4.69, 9.17) is 9.47 Å². The summed E-state index contributed by atoms with van der Waals surface area (Å²) in [6.45, 7) is 13.7. The molecular weight excluding hydrogens is 200 g/mol. The van der Waals surface area contributed by atoms with Gasteiger partial charge in [-0.15, -0.1) is 0 Å². The van der Waals surface area contributed by atoms with Gasteiger partial charge in [0.1, 0.15) is 0 Å². The molecule has 0 aliphatic carbocycles. The molecule has 0 aromatic carbocycles. The van der Waals surface area contributed by atoms with Crippen LogP contribution in [0.2, 0.25) is 0 Å². The van der Waals surface area contributed by atoms with Crippen molar-refractivity contribution >= 4 is 0 Å². The summed E-state index contributed by atoms with van der Waals surface area (Å²) in [5.74, 6) is 0. The smallest absolute Gasteiger partial charge is 0.0700 e. The summed E-state index contributed by atoms with van der Waals surface area (Å²) in [6, 6.07) is 0. The minimum Gasteiger partial charge on any atom is -0.382 e. The molecule has 0 rings (SSSR count). The van der Waals surface area contributed by atoms with Gasteiger partial charge in [-0.05, 0) is 23.7 Å². The van der Waals surface area contributed by atoms with Crippen LogP contribution < -0.4 is 0 Å². The third kappa shape index (κ3) is 10.4. The van der Waals surface area contributed by atoms with Crippen molar-refractivity contribution in [1.82, 2.24) is 0 Å². The highest BCUT2D eigenvalue weighted by molar-refractivity contribution is 4.70. The zero-order chi connectivity index (χ0) is 12.7. The molecule has 0 aliphatic rings. The number of methoxy groups -OCH3 is 1. The summed E-state index contributed by atoms with van der Waals surface area (Å²) >= 11 is 0. The minimum absolute atomic E-state index is 0.291. The summed E-state index contributed by atoms with van der Waals surface area (Å²) in [7, 11) is 1.71. The largest absolute Gasteiger partial charge is 0.382 e. The van der Waals surface area contributed by atoms with E-state index in [1.807, 2.05) is 0 Å². The molecule has 0 unspecified atom stereocenters. The molecule has 0 aliphatic heterocycles. The molecule has 0 radical (unpaired) electrons. The van der Waals surface area contributed by atoms with E-state index in [0.29, 0.717) is 24.0 Å². The lowest BCUT2D eigenvalue weighted by atomic mass is 9.83. The van der Waals surface area contributed by atoms with Gasteiger partial charge in [-0.25, -0.2) is 0 Å². The van der Waals surface area contributed by atoms with Crippen LogP contribution in [0.5, 0.6) is 0 Å². The van der Waals surface area contributed by atoms with E-state index in [1.54, 1.807) is 7.11 Å². The van der Waals surface area contributed by atoms with E-state index < -0.39 is 0 Å². The Bertz CT molecular complexity index is 168. The van der Waals surface area contributed by atoms with E-state index >= 15 is 0 Å². The molecule has 0 fully saturated rings. The van der Waals surface area contributed by atoms with Crippen LogP contribution in [0.3, 0.4) is 0 Å². The first kappa shape index (κ1) is 15.9. The quantitative estimate of drug-likeness (QED) is 0.589. The maximum atomic E-state index is 5.60. The molecule has 0 N–H and O–H groups in total. The third-order valence-corrected chi connectivity index (χ3v) is 2.70. The van der Waals surface area contributed by atoms with Crippen molar-refractivity contribution < 1.29 is 9.47 Å². The Labute approximate surface area is 102 Å². The second-order valence-corrected chi connectivity index (χ2v) is 6.62. The Morgan fingerprint density at radius 1 is 0.875 bits per heavy atom. The number of hydrogen-bond acceptors (Lipinski definition) is 2. The first-order chi connectivity index (χ1) is 7.27. The predicted molar refractivity (Wildman–Crippen MR) is 69.8 cm³/mol. The Kier molecular flexibility index (Phi) is 7.25. The van der Waals surface area contributed by atoms with Gasteiger partial charge in [-0.3, -0.25) is 0 Å². The topological polar surface area (TPSA) is 18.5 Å². The Hall–Kier alpha value is -0.0800. The Morgan fingerprint density at radius 3 is 2.00 bits per heavy atom. The summed E-state index contributed by atoms with van der Waals surface area (Å²) < 4.78 is 10.6. The monoisotopic (exact) mass is 230 g/mol. The highest BCUT2D eigenvalue weighted by atomic mass is 16.5. The van der Waals surface area contributed by atoms with Crippen molar-refractivity contribution in [3.63, 3.8) is 0 Å². The highest BCUT2D eigenvalue weighted by Crippen LogP contribution is 2.28. The lowest BCUT2D eigenvalue weighted by Gasteiger charge is -2.26. The van der Waals surface area contributed by atoms with Crippen LogP contribution in [0, 0.1) is 10.8 Å². The molecule has 16 heavy (non-hydrogen) atoms. The molecule has 0 aromatic rings. The summed E-state index contributed by atoms with van der Waals surface area (Å²) in [5.41, 5.74) is 0.742. The maximum Gasteiger partial charge on any atom is 0.0700 e. The summed E-state index contributed by atoms with van der Waals surface area (Å²) in [5, 5.41) is 0. The summed E-state index contributed by atoms with van der Waals surface area (Å²) in [6.07, 6.45) is 3.80. The van der Waals surface area contributed by atoms with E-state index in [9.17, 15) is 0 Å². The standard InChI is InChI=1S/C14H30O2/c1-13(2,3)8-7-9-14(4,5)12-16-11-10-15-6/h7-12H2,1-6H3. The number of ether oxygens (including phenoxy) is 2. The van der Waals surface area contributed by atoms with Crippen molar-refractivity contribution in [2.45, 2.75) is 53.9 Å². The molecule has 0 heterocycles. The van der Waals surface area contributed by atoms with Gasteiger partial charge < -0.3 is 9.47 Å². The van der Waals surface area contributed by atoms with Crippen LogP contribution in [-0.2, 0) is 9.47 Å². The van der Waals surface area contributed by atoms with Crippen LogP contribution in [0.4, 0.5) is 0 Å². The second kappa shape index (κ2) is 7.29. The van der Waals surface area contributed by atoms with Crippen LogP contribution in [0.25, 0.3) is 0 Å².